The number of thiol groups is 1. The minimum atomic E-state index is 0.774. The maximum atomic E-state index is 5.72. The van der Waals surface area contributed by atoms with Crippen molar-refractivity contribution in [3.63, 3.8) is 0 Å². The Balaban J connectivity index is 2.66. The number of benzene rings is 1. The molecule has 3 heteroatoms. The van der Waals surface area contributed by atoms with Crippen LogP contribution in [-0.4, -0.2) is 11.4 Å². The molecule has 0 radical (unpaired) electrons. The van der Waals surface area contributed by atoms with Gasteiger partial charge in [0.05, 0.1) is 0 Å². The minimum Gasteiger partial charge on any atom is -0.252 e. The summed E-state index contributed by atoms with van der Waals surface area (Å²) in [4.78, 5) is 0. The molecule has 60 valence electrons. The minimum absolute atomic E-state index is 0.774. The molecular formula is C8H10ClNS. The first kappa shape index (κ1) is 8.91. The molecule has 0 spiro atoms. The van der Waals surface area contributed by atoms with E-state index in [4.69, 9.17) is 11.6 Å². The largest absolute Gasteiger partial charge is 0.252 e. The van der Waals surface area contributed by atoms with Crippen LogP contribution in [0.2, 0.25) is 5.02 Å². The van der Waals surface area contributed by atoms with Crippen LogP contribution in [-0.2, 0) is 6.54 Å². The lowest BCUT2D eigenvalue weighted by atomic mass is 10.2. The number of halogens is 1. The van der Waals surface area contributed by atoms with Gasteiger partial charge in [-0.3, -0.25) is 4.31 Å². The first-order valence-electron chi connectivity index (χ1n) is 3.33. The maximum absolute atomic E-state index is 5.72. The molecule has 0 aromatic heterocycles. The van der Waals surface area contributed by atoms with Gasteiger partial charge >= 0.3 is 0 Å². The Labute approximate surface area is 77.5 Å². The van der Waals surface area contributed by atoms with Crippen molar-refractivity contribution in [1.29, 1.82) is 0 Å². The Hall–Kier alpha value is -0.180. The number of hydrogen-bond acceptors (Lipinski definition) is 2. The van der Waals surface area contributed by atoms with Crippen LogP contribution in [0.25, 0.3) is 0 Å². The summed E-state index contributed by atoms with van der Waals surface area (Å²) in [7, 11) is 1.91. The van der Waals surface area contributed by atoms with Crippen LogP contribution in [0.1, 0.15) is 5.56 Å². The maximum Gasteiger partial charge on any atom is 0.0406 e. The second-order valence-electron chi connectivity index (χ2n) is 2.44. The fraction of sp³-hybridized carbons (Fsp3) is 0.250. The summed E-state index contributed by atoms with van der Waals surface area (Å²) in [6, 6.07) is 7.76. The average molecular weight is 188 g/mol. The third-order valence-electron chi connectivity index (χ3n) is 1.32. The highest BCUT2D eigenvalue weighted by Crippen LogP contribution is 2.11. The molecule has 11 heavy (non-hydrogen) atoms. The predicted octanol–water partition coefficient (Wildman–Crippen LogP) is 2.62. The molecule has 1 rings (SSSR count). The highest BCUT2D eigenvalue weighted by Gasteiger charge is 1.94. The molecule has 0 aliphatic heterocycles. The molecule has 1 aromatic rings. The summed E-state index contributed by atoms with van der Waals surface area (Å²) in [5.41, 5.74) is 1.21. The Bertz CT molecular complexity index is 220. The van der Waals surface area contributed by atoms with E-state index in [1.54, 1.807) is 0 Å². The summed E-state index contributed by atoms with van der Waals surface area (Å²) in [5, 5.41) is 0.774. The van der Waals surface area contributed by atoms with E-state index in [2.05, 4.69) is 12.8 Å². The Morgan fingerprint density at radius 2 is 1.91 bits per heavy atom. The summed E-state index contributed by atoms with van der Waals surface area (Å²) in [5.74, 6) is 0. The van der Waals surface area contributed by atoms with Crippen LogP contribution < -0.4 is 0 Å². The van der Waals surface area contributed by atoms with Crippen LogP contribution in [0.5, 0.6) is 0 Å². The van der Waals surface area contributed by atoms with Gasteiger partial charge in [0.15, 0.2) is 0 Å². The Morgan fingerprint density at radius 3 is 2.36 bits per heavy atom. The Morgan fingerprint density at radius 1 is 1.36 bits per heavy atom. The molecule has 0 unspecified atom stereocenters. The second kappa shape index (κ2) is 4.00. The highest BCUT2D eigenvalue weighted by atomic mass is 35.5. The molecule has 0 saturated heterocycles. The first-order valence-corrected chi connectivity index (χ1v) is 4.11. The number of hydrogen-bond donors (Lipinski definition) is 1. The van der Waals surface area contributed by atoms with Crippen molar-refractivity contribution in [2.24, 2.45) is 0 Å². The number of nitrogens with zero attached hydrogens (tertiary/aromatic N) is 1. The van der Waals surface area contributed by atoms with Gasteiger partial charge in [0.1, 0.15) is 0 Å². The lowest BCUT2D eigenvalue weighted by Gasteiger charge is -2.07. The lowest BCUT2D eigenvalue weighted by Crippen LogP contribution is -2.03. The van der Waals surface area contributed by atoms with Crippen LogP contribution >= 0.6 is 24.4 Å². The van der Waals surface area contributed by atoms with E-state index in [1.165, 1.54) is 5.56 Å². The summed E-state index contributed by atoms with van der Waals surface area (Å²) in [6.45, 7) is 0.834. The molecule has 0 fully saturated rings. The van der Waals surface area contributed by atoms with Crippen molar-refractivity contribution < 1.29 is 0 Å². The standard InChI is InChI=1S/C8H10ClNS/c1-10(11)6-7-2-4-8(9)5-3-7/h2-5,11H,6H2,1H3. The molecular weight excluding hydrogens is 178 g/mol. The fourth-order valence-electron chi connectivity index (χ4n) is 0.854. The molecule has 0 atom stereocenters. The van der Waals surface area contributed by atoms with E-state index in [9.17, 15) is 0 Å². The second-order valence-corrected chi connectivity index (χ2v) is 3.56. The van der Waals surface area contributed by atoms with Gasteiger partial charge in [-0.2, -0.15) is 0 Å². The SMILES string of the molecule is CN(S)Cc1ccc(Cl)cc1. The third kappa shape index (κ3) is 3.14. The summed E-state index contributed by atoms with van der Waals surface area (Å²) >= 11 is 9.85. The van der Waals surface area contributed by atoms with E-state index >= 15 is 0 Å². The average Bonchev–Trinajstić information content (AvgIpc) is 1.93. The van der Waals surface area contributed by atoms with Gasteiger partial charge < -0.3 is 0 Å². The van der Waals surface area contributed by atoms with Crippen molar-refractivity contribution >= 4 is 24.4 Å². The zero-order chi connectivity index (χ0) is 8.27. The van der Waals surface area contributed by atoms with E-state index < -0.39 is 0 Å². The third-order valence-corrected chi connectivity index (χ3v) is 1.72. The topological polar surface area (TPSA) is 3.24 Å². The summed E-state index contributed by atoms with van der Waals surface area (Å²) < 4.78 is 1.82. The van der Waals surface area contributed by atoms with Gasteiger partial charge in [-0.15, -0.1) is 0 Å². The number of rotatable bonds is 2. The van der Waals surface area contributed by atoms with Crippen molar-refractivity contribution in [3.8, 4) is 0 Å². The van der Waals surface area contributed by atoms with E-state index in [0.717, 1.165) is 11.6 Å². The molecule has 0 N–H and O–H groups in total. The monoisotopic (exact) mass is 187 g/mol. The zero-order valence-corrected chi connectivity index (χ0v) is 7.94. The molecule has 1 nitrogen and oxygen atoms in total. The van der Waals surface area contributed by atoms with Crippen molar-refractivity contribution in [2.45, 2.75) is 6.54 Å². The first-order chi connectivity index (χ1) is 5.18. The molecule has 0 aliphatic rings. The summed E-state index contributed by atoms with van der Waals surface area (Å²) in [6.07, 6.45) is 0. The lowest BCUT2D eigenvalue weighted by molar-refractivity contribution is 0.572. The molecule has 1 aromatic carbocycles. The van der Waals surface area contributed by atoms with Crippen LogP contribution in [0.4, 0.5) is 0 Å². The molecule has 0 aliphatic carbocycles. The smallest absolute Gasteiger partial charge is 0.0406 e. The van der Waals surface area contributed by atoms with Gasteiger partial charge in [-0.1, -0.05) is 36.5 Å². The van der Waals surface area contributed by atoms with Crippen molar-refractivity contribution in [3.05, 3.63) is 34.9 Å². The molecule has 0 heterocycles. The quantitative estimate of drug-likeness (QED) is 0.697. The van der Waals surface area contributed by atoms with E-state index in [-0.39, 0.29) is 0 Å². The van der Waals surface area contributed by atoms with Gasteiger partial charge in [-0.25, -0.2) is 0 Å². The van der Waals surface area contributed by atoms with Gasteiger partial charge in [0, 0.05) is 11.6 Å². The predicted molar refractivity (Wildman–Crippen MR) is 51.9 cm³/mol. The molecule has 0 bridgehead atoms. The van der Waals surface area contributed by atoms with Crippen molar-refractivity contribution in [2.75, 3.05) is 7.05 Å². The van der Waals surface area contributed by atoms with Gasteiger partial charge in [0.25, 0.3) is 0 Å². The van der Waals surface area contributed by atoms with Gasteiger partial charge in [0.2, 0.25) is 0 Å². The highest BCUT2D eigenvalue weighted by molar-refractivity contribution is 7.77. The fourth-order valence-corrected chi connectivity index (χ4v) is 1.14. The van der Waals surface area contributed by atoms with Crippen LogP contribution in [0, 0.1) is 0 Å². The van der Waals surface area contributed by atoms with Gasteiger partial charge in [-0.05, 0) is 24.7 Å². The Kier molecular flexibility index (Phi) is 3.24. The van der Waals surface area contributed by atoms with Crippen molar-refractivity contribution in [1.82, 2.24) is 4.31 Å². The van der Waals surface area contributed by atoms with E-state index in [0.29, 0.717) is 0 Å². The van der Waals surface area contributed by atoms with Crippen LogP contribution in [0.15, 0.2) is 24.3 Å². The molecule has 0 amide bonds. The van der Waals surface area contributed by atoms with Crippen LogP contribution in [0.3, 0.4) is 0 Å². The molecule has 0 saturated carbocycles. The normalized spacial score (nSPS) is 10.5. The van der Waals surface area contributed by atoms with E-state index in [1.807, 2.05) is 35.6 Å². The zero-order valence-electron chi connectivity index (χ0n) is 6.29.